The van der Waals surface area contributed by atoms with Gasteiger partial charge in [0.05, 0.1) is 0 Å². The van der Waals surface area contributed by atoms with Gasteiger partial charge in [0.15, 0.2) is 0 Å². The standard InChI is InChI=1S/C11H24N2O2/c1-6-9(2)7-13(5)8-11(3,12-4)10(14)15/h9,12H,6-8H2,1-5H3,(H,14,15). The van der Waals surface area contributed by atoms with Crippen LogP contribution in [0.25, 0.3) is 0 Å². The number of nitrogens with zero attached hydrogens (tertiary/aromatic N) is 1. The fraction of sp³-hybridized carbons (Fsp3) is 0.909. The molecule has 0 heterocycles. The summed E-state index contributed by atoms with van der Waals surface area (Å²) in [6.45, 7) is 7.48. The molecule has 0 radical (unpaired) electrons. The third-order valence-corrected chi connectivity index (χ3v) is 2.93. The van der Waals surface area contributed by atoms with Gasteiger partial charge in [0.2, 0.25) is 0 Å². The molecule has 2 atom stereocenters. The molecule has 0 fully saturated rings. The van der Waals surface area contributed by atoms with E-state index < -0.39 is 11.5 Å². The zero-order valence-electron chi connectivity index (χ0n) is 10.5. The number of nitrogens with one attached hydrogen (secondary N) is 1. The lowest BCUT2D eigenvalue weighted by atomic mass is 10.0. The van der Waals surface area contributed by atoms with E-state index in [0.717, 1.165) is 13.0 Å². The summed E-state index contributed by atoms with van der Waals surface area (Å²) in [6.07, 6.45) is 1.12. The Morgan fingerprint density at radius 1 is 1.60 bits per heavy atom. The molecule has 0 rings (SSSR count). The molecule has 4 nitrogen and oxygen atoms in total. The van der Waals surface area contributed by atoms with Crippen molar-refractivity contribution in [2.24, 2.45) is 5.92 Å². The van der Waals surface area contributed by atoms with Crippen molar-refractivity contribution in [3.63, 3.8) is 0 Å². The average Bonchev–Trinajstić information content (AvgIpc) is 2.16. The van der Waals surface area contributed by atoms with Crippen LogP contribution in [0.5, 0.6) is 0 Å². The van der Waals surface area contributed by atoms with Crippen molar-refractivity contribution in [3.8, 4) is 0 Å². The van der Waals surface area contributed by atoms with Gasteiger partial charge in [-0.2, -0.15) is 0 Å². The van der Waals surface area contributed by atoms with Gasteiger partial charge in [0, 0.05) is 13.1 Å². The summed E-state index contributed by atoms with van der Waals surface area (Å²) in [5, 5.41) is 11.9. The summed E-state index contributed by atoms with van der Waals surface area (Å²) in [5.74, 6) is -0.203. The van der Waals surface area contributed by atoms with Crippen molar-refractivity contribution in [1.82, 2.24) is 10.2 Å². The van der Waals surface area contributed by atoms with E-state index in [1.54, 1.807) is 14.0 Å². The summed E-state index contributed by atoms with van der Waals surface area (Å²) >= 11 is 0. The molecule has 0 aromatic carbocycles. The maximum absolute atomic E-state index is 11.1. The van der Waals surface area contributed by atoms with Crippen LogP contribution in [0.1, 0.15) is 27.2 Å². The first kappa shape index (κ1) is 14.4. The van der Waals surface area contributed by atoms with Crippen LogP contribution in [0, 0.1) is 5.92 Å². The smallest absolute Gasteiger partial charge is 0.324 e. The monoisotopic (exact) mass is 216 g/mol. The molecule has 0 amide bonds. The van der Waals surface area contributed by atoms with Crippen LogP contribution in [-0.4, -0.2) is 48.7 Å². The van der Waals surface area contributed by atoms with Crippen LogP contribution in [0.4, 0.5) is 0 Å². The Labute approximate surface area is 92.7 Å². The van der Waals surface area contributed by atoms with Gasteiger partial charge in [0.1, 0.15) is 5.54 Å². The van der Waals surface area contributed by atoms with Gasteiger partial charge in [-0.15, -0.1) is 0 Å². The zero-order valence-corrected chi connectivity index (χ0v) is 10.5. The molecule has 0 aliphatic heterocycles. The van der Waals surface area contributed by atoms with Crippen LogP contribution in [-0.2, 0) is 4.79 Å². The Morgan fingerprint density at radius 3 is 2.47 bits per heavy atom. The van der Waals surface area contributed by atoms with E-state index in [9.17, 15) is 4.79 Å². The maximum Gasteiger partial charge on any atom is 0.324 e. The third kappa shape index (κ3) is 4.62. The first-order valence-electron chi connectivity index (χ1n) is 5.46. The molecule has 0 aromatic rings. The molecule has 0 saturated carbocycles. The predicted molar refractivity (Wildman–Crippen MR) is 62.1 cm³/mol. The Hall–Kier alpha value is -0.610. The number of hydrogen-bond donors (Lipinski definition) is 2. The lowest BCUT2D eigenvalue weighted by Crippen LogP contribution is -2.55. The first-order valence-corrected chi connectivity index (χ1v) is 5.46. The van der Waals surface area contributed by atoms with E-state index in [4.69, 9.17) is 5.11 Å². The van der Waals surface area contributed by atoms with Crippen LogP contribution in [0.3, 0.4) is 0 Å². The van der Waals surface area contributed by atoms with Crippen molar-refractivity contribution in [1.29, 1.82) is 0 Å². The average molecular weight is 216 g/mol. The number of likely N-dealkylation sites (N-methyl/N-ethyl adjacent to an activating group) is 2. The van der Waals surface area contributed by atoms with Crippen LogP contribution < -0.4 is 5.32 Å². The van der Waals surface area contributed by atoms with Gasteiger partial charge in [0.25, 0.3) is 0 Å². The minimum atomic E-state index is -0.859. The Balaban J connectivity index is 4.24. The van der Waals surface area contributed by atoms with Crippen molar-refractivity contribution in [3.05, 3.63) is 0 Å². The normalized spacial score (nSPS) is 17.5. The highest BCUT2D eigenvalue weighted by Gasteiger charge is 2.32. The Morgan fingerprint density at radius 2 is 2.13 bits per heavy atom. The number of carboxylic acids is 1. The molecule has 2 N–H and O–H groups in total. The van der Waals surface area contributed by atoms with Gasteiger partial charge >= 0.3 is 5.97 Å². The molecule has 4 heteroatoms. The van der Waals surface area contributed by atoms with E-state index in [1.165, 1.54) is 0 Å². The fourth-order valence-corrected chi connectivity index (χ4v) is 1.52. The second-order valence-electron chi connectivity index (χ2n) is 4.60. The predicted octanol–water partition coefficient (Wildman–Crippen LogP) is 1.03. The van der Waals surface area contributed by atoms with Crippen LogP contribution in [0.15, 0.2) is 0 Å². The van der Waals surface area contributed by atoms with E-state index in [2.05, 4.69) is 24.1 Å². The van der Waals surface area contributed by atoms with Gasteiger partial charge in [-0.1, -0.05) is 20.3 Å². The maximum atomic E-state index is 11.1. The molecule has 0 spiro atoms. The highest BCUT2D eigenvalue weighted by molar-refractivity contribution is 5.78. The SMILES string of the molecule is CCC(C)CN(C)CC(C)(NC)C(=O)O. The highest BCUT2D eigenvalue weighted by Crippen LogP contribution is 2.09. The summed E-state index contributed by atoms with van der Waals surface area (Å²) in [4.78, 5) is 13.1. The largest absolute Gasteiger partial charge is 0.480 e. The van der Waals surface area contributed by atoms with Gasteiger partial charge < -0.3 is 15.3 Å². The molecular weight excluding hydrogens is 192 g/mol. The molecule has 0 aliphatic carbocycles. The summed E-state index contributed by atoms with van der Waals surface area (Å²) in [7, 11) is 3.65. The van der Waals surface area contributed by atoms with Crippen molar-refractivity contribution in [2.45, 2.75) is 32.7 Å². The molecule has 15 heavy (non-hydrogen) atoms. The van der Waals surface area contributed by atoms with E-state index >= 15 is 0 Å². The molecule has 0 aliphatic rings. The Bertz CT molecular complexity index is 209. The molecule has 0 bridgehead atoms. The minimum Gasteiger partial charge on any atom is -0.480 e. The lowest BCUT2D eigenvalue weighted by molar-refractivity contribution is -0.144. The van der Waals surface area contributed by atoms with Crippen molar-refractivity contribution in [2.75, 3.05) is 27.2 Å². The van der Waals surface area contributed by atoms with E-state index in [1.807, 2.05) is 7.05 Å². The molecule has 90 valence electrons. The topological polar surface area (TPSA) is 52.6 Å². The second-order valence-corrected chi connectivity index (χ2v) is 4.60. The first-order chi connectivity index (χ1) is 6.85. The molecule has 0 saturated heterocycles. The Kier molecular flexibility index (Phi) is 5.83. The number of rotatable bonds is 7. The fourth-order valence-electron chi connectivity index (χ4n) is 1.52. The third-order valence-electron chi connectivity index (χ3n) is 2.93. The molecular formula is C11H24N2O2. The lowest BCUT2D eigenvalue weighted by Gasteiger charge is -2.30. The number of carboxylic acid groups (broad SMARTS) is 1. The summed E-state index contributed by atoms with van der Waals surface area (Å²) in [5.41, 5.74) is -0.859. The molecule has 2 unspecified atom stereocenters. The minimum absolute atomic E-state index is 0.517. The number of hydrogen-bond acceptors (Lipinski definition) is 3. The quantitative estimate of drug-likeness (QED) is 0.667. The van der Waals surface area contributed by atoms with Crippen LogP contribution >= 0.6 is 0 Å². The van der Waals surface area contributed by atoms with E-state index in [0.29, 0.717) is 12.5 Å². The van der Waals surface area contributed by atoms with Gasteiger partial charge in [-0.05, 0) is 26.9 Å². The van der Waals surface area contributed by atoms with Gasteiger partial charge in [-0.3, -0.25) is 4.79 Å². The molecule has 0 aromatic heterocycles. The van der Waals surface area contributed by atoms with E-state index in [-0.39, 0.29) is 0 Å². The summed E-state index contributed by atoms with van der Waals surface area (Å²) in [6, 6.07) is 0. The zero-order chi connectivity index (χ0) is 12.1. The number of aliphatic carboxylic acids is 1. The highest BCUT2D eigenvalue weighted by atomic mass is 16.4. The second kappa shape index (κ2) is 6.08. The van der Waals surface area contributed by atoms with Crippen LogP contribution in [0.2, 0.25) is 0 Å². The van der Waals surface area contributed by atoms with Crippen molar-refractivity contribution >= 4 is 5.97 Å². The number of carbonyl (C=O) groups is 1. The summed E-state index contributed by atoms with van der Waals surface area (Å²) < 4.78 is 0. The van der Waals surface area contributed by atoms with Gasteiger partial charge in [-0.25, -0.2) is 0 Å². The van der Waals surface area contributed by atoms with Crippen molar-refractivity contribution < 1.29 is 9.90 Å².